The molecule has 2 aromatic rings. The lowest BCUT2D eigenvalue weighted by Crippen LogP contribution is -2.31. The highest BCUT2D eigenvalue weighted by atomic mass is 19.4. The molecule has 0 aliphatic carbocycles. The Balaban J connectivity index is 2.18. The third-order valence-electron chi connectivity index (χ3n) is 4.49. The third kappa shape index (κ3) is 3.33. The normalized spacial score (nSPS) is 17.4. The van der Waals surface area contributed by atoms with Gasteiger partial charge in [-0.05, 0) is 35.9 Å². The predicted octanol–water partition coefficient (Wildman–Crippen LogP) is 4.29. The van der Waals surface area contributed by atoms with E-state index < -0.39 is 35.2 Å². The Labute approximate surface area is 158 Å². The van der Waals surface area contributed by atoms with Crippen molar-refractivity contribution in [3.63, 3.8) is 0 Å². The van der Waals surface area contributed by atoms with Crippen molar-refractivity contribution in [1.29, 1.82) is 0 Å². The molecule has 0 saturated heterocycles. The summed E-state index contributed by atoms with van der Waals surface area (Å²) in [6, 6.07) is 8.53. The Hall–Kier alpha value is -3.29. The average molecular weight is 391 g/mol. The number of carbonyl (C=O) groups excluding carboxylic acids is 2. The van der Waals surface area contributed by atoms with Gasteiger partial charge in [0.1, 0.15) is 5.75 Å². The number of phenolic OH excluding ortho intramolecular Hbond substituents is 1. The molecule has 0 saturated carbocycles. The first-order valence-corrected chi connectivity index (χ1v) is 8.41. The van der Waals surface area contributed by atoms with Crippen molar-refractivity contribution in [2.75, 3.05) is 4.90 Å². The smallest absolute Gasteiger partial charge is 0.416 e. The van der Waals surface area contributed by atoms with Crippen molar-refractivity contribution in [1.82, 2.24) is 0 Å². The predicted molar refractivity (Wildman–Crippen MR) is 94.7 cm³/mol. The summed E-state index contributed by atoms with van der Waals surface area (Å²) >= 11 is 0. The Kier molecular flexibility index (Phi) is 4.89. The fourth-order valence-electron chi connectivity index (χ4n) is 3.15. The summed E-state index contributed by atoms with van der Waals surface area (Å²) in [4.78, 5) is 26.0. The van der Waals surface area contributed by atoms with E-state index in [2.05, 4.69) is 0 Å². The van der Waals surface area contributed by atoms with Crippen LogP contribution in [0.1, 0.15) is 30.5 Å². The second kappa shape index (κ2) is 7.03. The summed E-state index contributed by atoms with van der Waals surface area (Å²) in [6.07, 6.45) is -4.62. The summed E-state index contributed by atoms with van der Waals surface area (Å²) in [5.74, 6) is -2.31. The van der Waals surface area contributed by atoms with Crippen LogP contribution in [-0.4, -0.2) is 21.9 Å². The maximum absolute atomic E-state index is 13.1. The number of Topliss-reactive ketones (excluding diaryl/α,β-unsaturated/α-hetero) is 1. The minimum Gasteiger partial charge on any atom is -0.508 e. The van der Waals surface area contributed by atoms with Gasteiger partial charge in [-0.1, -0.05) is 25.1 Å². The van der Waals surface area contributed by atoms with E-state index in [4.69, 9.17) is 0 Å². The number of aliphatic hydroxyl groups excluding tert-OH is 1. The number of amides is 1. The molecular weight excluding hydrogens is 375 g/mol. The van der Waals surface area contributed by atoms with Gasteiger partial charge in [0.25, 0.3) is 5.91 Å². The van der Waals surface area contributed by atoms with Crippen molar-refractivity contribution in [2.45, 2.75) is 25.6 Å². The van der Waals surface area contributed by atoms with Gasteiger partial charge in [-0.3, -0.25) is 14.5 Å². The topological polar surface area (TPSA) is 77.8 Å². The highest BCUT2D eigenvalue weighted by molar-refractivity contribution is 6.16. The number of carbonyl (C=O) groups is 2. The highest BCUT2D eigenvalue weighted by Gasteiger charge is 2.44. The lowest BCUT2D eigenvalue weighted by Gasteiger charge is -2.27. The number of alkyl halides is 3. The van der Waals surface area contributed by atoms with Crippen molar-refractivity contribution >= 4 is 17.4 Å². The van der Waals surface area contributed by atoms with Crippen molar-refractivity contribution in [2.24, 2.45) is 0 Å². The molecule has 2 aromatic carbocycles. The van der Waals surface area contributed by atoms with Gasteiger partial charge in [0.05, 0.1) is 17.2 Å². The first-order chi connectivity index (χ1) is 13.1. The minimum absolute atomic E-state index is 0.00229. The summed E-state index contributed by atoms with van der Waals surface area (Å²) in [7, 11) is 0. The molecule has 3 rings (SSSR count). The molecule has 0 aromatic heterocycles. The van der Waals surface area contributed by atoms with Crippen LogP contribution in [0.25, 0.3) is 0 Å². The zero-order valence-electron chi connectivity index (χ0n) is 14.7. The van der Waals surface area contributed by atoms with E-state index in [1.807, 2.05) is 0 Å². The van der Waals surface area contributed by atoms with Crippen LogP contribution in [0.2, 0.25) is 0 Å². The van der Waals surface area contributed by atoms with Crippen LogP contribution in [0.4, 0.5) is 18.9 Å². The van der Waals surface area contributed by atoms with Gasteiger partial charge >= 0.3 is 6.18 Å². The molecule has 146 valence electrons. The summed E-state index contributed by atoms with van der Waals surface area (Å²) < 4.78 is 39.3. The van der Waals surface area contributed by atoms with Gasteiger partial charge in [-0.25, -0.2) is 0 Å². The monoisotopic (exact) mass is 391 g/mol. The van der Waals surface area contributed by atoms with E-state index in [1.165, 1.54) is 30.3 Å². The number of hydrogen-bond acceptors (Lipinski definition) is 4. The number of nitrogens with zero attached hydrogens (tertiary/aromatic N) is 1. The second-order valence-electron chi connectivity index (χ2n) is 6.26. The quantitative estimate of drug-likeness (QED) is 0.815. The lowest BCUT2D eigenvalue weighted by molar-refractivity contribution is -0.137. The van der Waals surface area contributed by atoms with Crippen LogP contribution in [-0.2, 0) is 15.8 Å². The molecule has 28 heavy (non-hydrogen) atoms. The molecule has 0 fully saturated rings. The van der Waals surface area contributed by atoms with E-state index >= 15 is 0 Å². The van der Waals surface area contributed by atoms with E-state index in [9.17, 15) is 33.0 Å². The summed E-state index contributed by atoms with van der Waals surface area (Å²) in [5.41, 5.74) is -0.889. The van der Waals surface area contributed by atoms with Gasteiger partial charge in [-0.15, -0.1) is 0 Å². The fraction of sp³-hybridized carbons (Fsp3) is 0.200. The van der Waals surface area contributed by atoms with E-state index in [0.29, 0.717) is 5.56 Å². The molecule has 5 nitrogen and oxygen atoms in total. The average Bonchev–Trinajstić information content (AvgIpc) is 2.92. The Morgan fingerprint density at radius 3 is 2.32 bits per heavy atom. The molecule has 1 amide bonds. The van der Waals surface area contributed by atoms with Gasteiger partial charge in [0.2, 0.25) is 0 Å². The van der Waals surface area contributed by atoms with Gasteiger partial charge in [0.15, 0.2) is 11.5 Å². The molecular formula is C20H16F3NO4. The zero-order valence-corrected chi connectivity index (χ0v) is 14.7. The minimum atomic E-state index is -4.62. The molecule has 0 radical (unpaired) electrons. The first-order valence-electron chi connectivity index (χ1n) is 8.41. The highest BCUT2D eigenvalue weighted by Crippen LogP contribution is 2.42. The number of anilines is 1. The maximum atomic E-state index is 13.1. The summed E-state index contributed by atoms with van der Waals surface area (Å²) in [5, 5.41) is 19.8. The van der Waals surface area contributed by atoms with E-state index in [0.717, 1.165) is 23.1 Å². The van der Waals surface area contributed by atoms with Crippen LogP contribution in [0.15, 0.2) is 59.9 Å². The molecule has 0 bridgehead atoms. The fourth-order valence-corrected chi connectivity index (χ4v) is 3.15. The van der Waals surface area contributed by atoms with Crippen molar-refractivity contribution < 1.29 is 33.0 Å². The van der Waals surface area contributed by atoms with Crippen LogP contribution in [0.3, 0.4) is 0 Å². The van der Waals surface area contributed by atoms with Crippen molar-refractivity contribution in [3.05, 3.63) is 71.0 Å². The number of phenols is 1. The number of hydrogen-bond donors (Lipinski definition) is 2. The van der Waals surface area contributed by atoms with Gasteiger partial charge < -0.3 is 10.2 Å². The largest absolute Gasteiger partial charge is 0.508 e. The third-order valence-corrected chi connectivity index (χ3v) is 4.49. The molecule has 2 N–H and O–H groups in total. The molecule has 8 heteroatoms. The van der Waals surface area contributed by atoms with Gasteiger partial charge in [-0.2, -0.15) is 13.2 Å². The molecule has 1 atom stereocenters. The number of benzene rings is 2. The van der Waals surface area contributed by atoms with Gasteiger partial charge in [0, 0.05) is 12.1 Å². The molecule has 0 spiro atoms. The van der Waals surface area contributed by atoms with E-state index in [1.54, 1.807) is 6.92 Å². The number of aromatic hydroxyl groups is 1. The van der Waals surface area contributed by atoms with E-state index in [-0.39, 0.29) is 23.4 Å². The zero-order chi connectivity index (χ0) is 20.6. The van der Waals surface area contributed by atoms with Crippen LogP contribution < -0.4 is 4.90 Å². The van der Waals surface area contributed by atoms with Crippen LogP contribution in [0, 0.1) is 0 Å². The first kappa shape index (κ1) is 19.5. The molecule has 1 aliphatic heterocycles. The lowest BCUT2D eigenvalue weighted by atomic mass is 9.94. The SMILES string of the molecule is CCC(=O)C1=C(O)C(=O)N(c2cccc(C(F)(F)F)c2)C1c1ccc(O)cc1. The standard InChI is InChI=1S/C20H16F3NO4/c1-2-15(26)16-17(11-6-8-14(25)9-7-11)24(19(28)18(16)27)13-5-3-4-12(10-13)20(21,22)23/h3-10,17,25,27H,2H2,1H3. The Morgan fingerprint density at radius 1 is 1.11 bits per heavy atom. The number of halogens is 3. The number of ketones is 1. The maximum Gasteiger partial charge on any atom is 0.416 e. The second-order valence-corrected chi connectivity index (χ2v) is 6.26. The van der Waals surface area contributed by atoms with Crippen LogP contribution >= 0.6 is 0 Å². The Bertz CT molecular complexity index is 964. The molecule has 1 heterocycles. The van der Waals surface area contributed by atoms with Crippen molar-refractivity contribution in [3.8, 4) is 5.75 Å². The summed E-state index contributed by atoms with van der Waals surface area (Å²) in [6.45, 7) is 1.55. The molecule has 1 unspecified atom stereocenters. The number of rotatable bonds is 4. The molecule has 1 aliphatic rings. The number of aliphatic hydroxyl groups is 1. The van der Waals surface area contributed by atoms with Crippen LogP contribution in [0.5, 0.6) is 5.75 Å². The Morgan fingerprint density at radius 2 is 1.75 bits per heavy atom.